The summed E-state index contributed by atoms with van der Waals surface area (Å²) in [6, 6.07) is -0.709. The fourth-order valence-electron chi connectivity index (χ4n) is 8.40. The van der Waals surface area contributed by atoms with Crippen LogP contribution < -0.4 is 5.32 Å². The van der Waals surface area contributed by atoms with E-state index in [1.165, 1.54) is 186 Å². The third-order valence-electron chi connectivity index (χ3n) is 12.5. The number of ether oxygens (including phenoxy) is 2. The van der Waals surface area contributed by atoms with E-state index in [1.54, 1.807) is 0 Å². The van der Waals surface area contributed by atoms with Gasteiger partial charge in [-0.05, 0) is 12.8 Å². The van der Waals surface area contributed by atoms with Crippen molar-refractivity contribution in [3.63, 3.8) is 0 Å². The fraction of sp³-hybridized carbons (Fsp3) is 0.980. The Hall–Kier alpha value is -0.810. The molecule has 7 unspecified atom stereocenters. The second-order valence-electron chi connectivity index (χ2n) is 18.0. The van der Waals surface area contributed by atoms with Gasteiger partial charge >= 0.3 is 0 Å². The van der Waals surface area contributed by atoms with Crippen molar-refractivity contribution < 1.29 is 39.8 Å². The maximum atomic E-state index is 12.9. The summed E-state index contributed by atoms with van der Waals surface area (Å²) < 4.78 is 11.2. The monoisotopic (exact) mass is 828 g/mol. The van der Waals surface area contributed by atoms with Crippen molar-refractivity contribution in [3.8, 4) is 0 Å². The molecule has 1 heterocycles. The molecule has 1 rings (SSSR count). The second kappa shape index (κ2) is 40.3. The van der Waals surface area contributed by atoms with E-state index in [4.69, 9.17) is 9.47 Å². The highest BCUT2D eigenvalue weighted by atomic mass is 16.7. The van der Waals surface area contributed by atoms with Gasteiger partial charge in [0, 0.05) is 6.42 Å². The minimum absolute atomic E-state index is 0.133. The number of aliphatic hydroxyl groups is 5. The molecule has 0 radical (unpaired) electrons. The van der Waals surface area contributed by atoms with Crippen LogP contribution in [0.1, 0.15) is 251 Å². The van der Waals surface area contributed by atoms with E-state index in [9.17, 15) is 30.3 Å². The standard InChI is InChI=1S/C49H97NO8/c1-3-5-7-9-11-12-13-14-15-16-17-18-19-20-21-22-23-24-25-26-27-28-29-30-31-33-35-37-39-45(53)50-42(43(52)38-36-34-32-10-8-6-4-2)41-57-49-48(56)47(55)46(54)44(40-51)58-49/h42-44,46-49,51-52,54-56H,3-41H2,1-2H3,(H,50,53). The number of aliphatic hydroxyl groups excluding tert-OH is 5. The Kier molecular flexibility index (Phi) is 38.3. The van der Waals surface area contributed by atoms with Crippen LogP contribution in [0.25, 0.3) is 0 Å². The van der Waals surface area contributed by atoms with Gasteiger partial charge in [0.05, 0.1) is 25.4 Å². The maximum Gasteiger partial charge on any atom is 0.220 e. The molecule has 0 aromatic heterocycles. The lowest BCUT2D eigenvalue weighted by Gasteiger charge is -2.40. The van der Waals surface area contributed by atoms with Crippen molar-refractivity contribution in [1.29, 1.82) is 0 Å². The van der Waals surface area contributed by atoms with E-state index in [1.807, 2.05) is 0 Å². The van der Waals surface area contributed by atoms with Gasteiger partial charge in [-0.25, -0.2) is 0 Å². The van der Waals surface area contributed by atoms with Crippen molar-refractivity contribution in [1.82, 2.24) is 5.32 Å². The van der Waals surface area contributed by atoms with Crippen molar-refractivity contribution in [2.75, 3.05) is 13.2 Å². The maximum absolute atomic E-state index is 12.9. The summed E-state index contributed by atoms with van der Waals surface area (Å²) in [5, 5.41) is 54.1. The van der Waals surface area contributed by atoms with Crippen LogP contribution in [-0.4, -0.2) is 87.5 Å². The quantitative estimate of drug-likeness (QED) is 0.0333. The number of amides is 1. The Morgan fingerprint density at radius 3 is 1.22 bits per heavy atom. The number of carbonyl (C=O) groups is 1. The molecule has 346 valence electrons. The summed E-state index contributed by atoms with van der Waals surface area (Å²) in [7, 11) is 0. The molecule has 6 N–H and O–H groups in total. The predicted octanol–water partition coefficient (Wildman–Crippen LogP) is 11.1. The van der Waals surface area contributed by atoms with Crippen LogP contribution in [0.5, 0.6) is 0 Å². The van der Waals surface area contributed by atoms with Gasteiger partial charge in [-0.1, -0.05) is 232 Å². The average Bonchev–Trinajstić information content (AvgIpc) is 3.22. The zero-order valence-electron chi connectivity index (χ0n) is 38.1. The van der Waals surface area contributed by atoms with Gasteiger partial charge in [-0.15, -0.1) is 0 Å². The van der Waals surface area contributed by atoms with Crippen molar-refractivity contribution in [3.05, 3.63) is 0 Å². The van der Waals surface area contributed by atoms with E-state index in [0.29, 0.717) is 12.8 Å². The van der Waals surface area contributed by atoms with Crippen LogP contribution >= 0.6 is 0 Å². The lowest BCUT2D eigenvalue weighted by molar-refractivity contribution is -0.302. The van der Waals surface area contributed by atoms with Crippen LogP contribution in [0.4, 0.5) is 0 Å². The van der Waals surface area contributed by atoms with Gasteiger partial charge in [0.2, 0.25) is 5.91 Å². The highest BCUT2D eigenvalue weighted by Crippen LogP contribution is 2.23. The van der Waals surface area contributed by atoms with Gasteiger partial charge in [0.25, 0.3) is 0 Å². The van der Waals surface area contributed by atoms with Crippen LogP contribution in [-0.2, 0) is 14.3 Å². The number of unbranched alkanes of at least 4 members (excludes halogenated alkanes) is 33. The van der Waals surface area contributed by atoms with Gasteiger partial charge in [-0.3, -0.25) is 4.79 Å². The Balaban J connectivity index is 2.07. The first kappa shape index (κ1) is 55.2. The molecule has 7 atom stereocenters. The summed E-state index contributed by atoms with van der Waals surface area (Å²) in [5.74, 6) is -0.143. The predicted molar refractivity (Wildman–Crippen MR) is 240 cm³/mol. The molecule has 0 aromatic carbocycles. The molecule has 1 aliphatic heterocycles. The molecule has 1 aliphatic rings. The Morgan fingerprint density at radius 2 is 0.862 bits per heavy atom. The zero-order valence-corrected chi connectivity index (χ0v) is 38.1. The van der Waals surface area contributed by atoms with Crippen LogP contribution in [0.3, 0.4) is 0 Å². The third-order valence-corrected chi connectivity index (χ3v) is 12.5. The van der Waals surface area contributed by atoms with Crippen molar-refractivity contribution in [2.24, 2.45) is 0 Å². The average molecular weight is 828 g/mol. The normalized spacial score (nSPS) is 20.7. The summed E-state index contributed by atoms with van der Waals surface area (Å²) in [6.07, 6.45) is 38.8. The molecule has 9 nitrogen and oxygen atoms in total. The molecular formula is C49H97NO8. The fourth-order valence-corrected chi connectivity index (χ4v) is 8.40. The highest BCUT2D eigenvalue weighted by Gasteiger charge is 2.44. The Labute approximate surface area is 357 Å². The van der Waals surface area contributed by atoms with E-state index in [-0.39, 0.29) is 12.5 Å². The summed E-state index contributed by atoms with van der Waals surface area (Å²) >= 11 is 0. The summed E-state index contributed by atoms with van der Waals surface area (Å²) in [6.45, 7) is 3.81. The first-order valence-electron chi connectivity index (χ1n) is 25.2. The number of rotatable bonds is 43. The summed E-state index contributed by atoms with van der Waals surface area (Å²) in [4.78, 5) is 12.9. The van der Waals surface area contributed by atoms with Crippen LogP contribution in [0.15, 0.2) is 0 Å². The van der Waals surface area contributed by atoms with Crippen LogP contribution in [0, 0.1) is 0 Å². The zero-order chi connectivity index (χ0) is 42.3. The summed E-state index contributed by atoms with van der Waals surface area (Å²) in [5.41, 5.74) is 0. The van der Waals surface area contributed by atoms with Gasteiger partial charge in [-0.2, -0.15) is 0 Å². The minimum atomic E-state index is -1.55. The molecule has 1 saturated heterocycles. The highest BCUT2D eigenvalue weighted by molar-refractivity contribution is 5.76. The molecule has 0 aromatic rings. The van der Waals surface area contributed by atoms with E-state index in [2.05, 4.69) is 19.2 Å². The molecule has 0 aliphatic carbocycles. The van der Waals surface area contributed by atoms with E-state index >= 15 is 0 Å². The lowest BCUT2D eigenvalue weighted by Crippen LogP contribution is -2.60. The van der Waals surface area contributed by atoms with Crippen LogP contribution in [0.2, 0.25) is 0 Å². The third kappa shape index (κ3) is 30.3. The largest absolute Gasteiger partial charge is 0.394 e. The molecule has 1 fully saturated rings. The number of nitrogens with one attached hydrogen (secondary N) is 1. The topological polar surface area (TPSA) is 149 Å². The van der Waals surface area contributed by atoms with Gasteiger partial charge in [0.15, 0.2) is 6.29 Å². The SMILES string of the molecule is CCCCCCCCCCCCCCCCCCCCCCCCCCCCCCC(=O)NC(COC1OC(CO)C(O)C(O)C1O)C(O)CCCCCCCCC. The Morgan fingerprint density at radius 1 is 0.517 bits per heavy atom. The molecule has 58 heavy (non-hydrogen) atoms. The number of hydrogen-bond donors (Lipinski definition) is 6. The minimum Gasteiger partial charge on any atom is -0.394 e. The Bertz CT molecular complexity index is 878. The molecule has 0 spiro atoms. The number of carbonyl (C=O) groups excluding carboxylic acids is 1. The van der Waals surface area contributed by atoms with E-state index < -0.39 is 49.5 Å². The first-order chi connectivity index (χ1) is 28.3. The second-order valence-corrected chi connectivity index (χ2v) is 18.0. The molecule has 9 heteroatoms. The molecular weight excluding hydrogens is 731 g/mol. The number of hydrogen-bond acceptors (Lipinski definition) is 8. The molecule has 0 bridgehead atoms. The van der Waals surface area contributed by atoms with E-state index in [0.717, 1.165) is 38.5 Å². The molecule has 1 amide bonds. The smallest absolute Gasteiger partial charge is 0.220 e. The first-order valence-corrected chi connectivity index (χ1v) is 25.2. The van der Waals surface area contributed by atoms with Crippen molar-refractivity contribution >= 4 is 5.91 Å². The van der Waals surface area contributed by atoms with Gasteiger partial charge < -0.3 is 40.3 Å². The molecule has 0 saturated carbocycles. The van der Waals surface area contributed by atoms with Crippen molar-refractivity contribution in [2.45, 2.75) is 294 Å². The van der Waals surface area contributed by atoms with Gasteiger partial charge in [0.1, 0.15) is 24.4 Å². The lowest BCUT2D eigenvalue weighted by atomic mass is 9.99.